The zero-order valence-electron chi connectivity index (χ0n) is 5.78. The van der Waals surface area contributed by atoms with Gasteiger partial charge in [0.2, 0.25) is 0 Å². The average Bonchev–Trinajstić information content (AvgIpc) is 2.07. The summed E-state index contributed by atoms with van der Waals surface area (Å²) >= 11 is -0.890. The van der Waals surface area contributed by atoms with E-state index in [0.29, 0.717) is 0 Å². The second kappa shape index (κ2) is 4.39. The summed E-state index contributed by atoms with van der Waals surface area (Å²) in [7, 11) is 0. The van der Waals surface area contributed by atoms with Gasteiger partial charge in [0.05, 0.1) is 0 Å². The zero-order chi connectivity index (χ0) is 8.10. The molecule has 3 nitrogen and oxygen atoms in total. The minimum atomic E-state index is -0.890. The van der Waals surface area contributed by atoms with E-state index in [2.05, 4.69) is 3.98 Å². The number of nitrogens with one attached hydrogen (secondary N) is 1. The predicted octanol–water partition coefficient (Wildman–Crippen LogP) is 0.288. The second-order valence-electron chi connectivity index (χ2n) is 1.87. The molecule has 0 radical (unpaired) electrons. The van der Waals surface area contributed by atoms with E-state index in [1.165, 1.54) is 0 Å². The van der Waals surface area contributed by atoms with E-state index in [1.54, 1.807) is 12.1 Å². The van der Waals surface area contributed by atoms with Gasteiger partial charge in [0.1, 0.15) is 0 Å². The van der Waals surface area contributed by atoms with Crippen LogP contribution in [0.4, 0.5) is 0 Å². The normalized spacial score (nSPS) is 9.55. The topological polar surface area (TPSA) is 55.1 Å². The number of carbonyl (C=O) groups is 1. The van der Waals surface area contributed by atoms with Crippen LogP contribution in [0.25, 0.3) is 0 Å². The minimum absolute atomic E-state index is 0.138. The first-order valence-corrected chi connectivity index (χ1v) is 5.07. The van der Waals surface area contributed by atoms with Crippen molar-refractivity contribution in [3.8, 4) is 0 Å². The van der Waals surface area contributed by atoms with Crippen molar-refractivity contribution in [1.82, 2.24) is 3.98 Å². The number of hydrogen-bond acceptors (Lipinski definition) is 3. The van der Waals surface area contributed by atoms with Crippen molar-refractivity contribution >= 4 is 4.17 Å². The molecular weight excluding hydrogens is 224 g/mol. The Hall–Kier alpha value is -0.502. The Kier molecular flexibility index (Phi) is 3.43. The summed E-state index contributed by atoms with van der Waals surface area (Å²) in [6.45, 7) is 0. The number of hydrazine groups is 1. The van der Waals surface area contributed by atoms with Gasteiger partial charge in [-0.05, 0) is 0 Å². The maximum absolute atomic E-state index is 11.2. The van der Waals surface area contributed by atoms with Crippen LogP contribution >= 0.6 is 0 Å². The molecule has 0 spiro atoms. The molecule has 0 heterocycles. The van der Waals surface area contributed by atoms with Gasteiger partial charge >= 0.3 is 73.5 Å². The van der Waals surface area contributed by atoms with Crippen LogP contribution in [0.15, 0.2) is 30.3 Å². The van der Waals surface area contributed by atoms with Crippen molar-refractivity contribution in [2.45, 2.75) is 0 Å². The Morgan fingerprint density at radius 3 is 2.55 bits per heavy atom. The fraction of sp³-hybridized carbons (Fsp3) is 0. The molecule has 0 unspecified atom stereocenters. The monoisotopic (exact) mass is 234 g/mol. The molecule has 1 aromatic rings. The van der Waals surface area contributed by atoms with E-state index in [0.717, 1.165) is 5.56 Å². The summed E-state index contributed by atoms with van der Waals surface area (Å²) < 4.78 is 2.58. The molecule has 1 rings (SSSR count). The van der Waals surface area contributed by atoms with Crippen molar-refractivity contribution in [3.05, 3.63) is 35.9 Å². The van der Waals surface area contributed by atoms with Crippen molar-refractivity contribution in [2.24, 2.45) is 5.84 Å². The molecule has 3 N–H and O–H groups in total. The van der Waals surface area contributed by atoms with Crippen molar-refractivity contribution in [2.75, 3.05) is 0 Å². The van der Waals surface area contributed by atoms with E-state index in [-0.39, 0.29) is 4.17 Å². The van der Waals surface area contributed by atoms with Crippen LogP contribution in [0.5, 0.6) is 0 Å². The Labute approximate surface area is 73.8 Å². The quantitative estimate of drug-likeness (QED) is 0.447. The molecule has 0 fully saturated rings. The summed E-state index contributed by atoms with van der Waals surface area (Å²) in [4.78, 5) is 11.2. The summed E-state index contributed by atoms with van der Waals surface area (Å²) in [6.07, 6.45) is 0. The number of nitrogens with two attached hydrogens (primary N) is 1. The van der Waals surface area contributed by atoms with Crippen LogP contribution in [-0.2, 0) is 18.8 Å². The van der Waals surface area contributed by atoms with E-state index >= 15 is 0 Å². The van der Waals surface area contributed by atoms with E-state index < -0.39 is 18.8 Å². The standard InChI is InChI=1S/C7H5O.Mo.H3N2/c8-6-7-4-2-1-3-5-7;;1-2/h1-5H;;1H,2H2/q;+1;-1. The molecule has 0 bridgehead atoms. The van der Waals surface area contributed by atoms with Gasteiger partial charge in [-0.3, -0.25) is 0 Å². The first-order chi connectivity index (χ1) is 5.34. The van der Waals surface area contributed by atoms with Crippen molar-refractivity contribution in [3.63, 3.8) is 0 Å². The van der Waals surface area contributed by atoms with Crippen LogP contribution in [0.3, 0.4) is 0 Å². The van der Waals surface area contributed by atoms with Gasteiger partial charge in [0.25, 0.3) is 0 Å². The number of benzene rings is 1. The Bertz CT molecular complexity index is 237. The summed E-state index contributed by atoms with van der Waals surface area (Å²) in [5, 5.41) is 0. The summed E-state index contributed by atoms with van der Waals surface area (Å²) in [5.41, 5.74) is 0.743. The SMILES string of the molecule is N[NH][Mo][C](=O)c1ccccc1. The van der Waals surface area contributed by atoms with E-state index in [1.807, 2.05) is 18.2 Å². The number of hydrogen-bond donors (Lipinski definition) is 2. The molecule has 0 saturated carbocycles. The Morgan fingerprint density at radius 2 is 2.00 bits per heavy atom. The molecule has 58 valence electrons. The Morgan fingerprint density at radius 1 is 1.36 bits per heavy atom. The molecule has 0 aliphatic heterocycles. The molecule has 1 aromatic carbocycles. The van der Waals surface area contributed by atoms with Crippen LogP contribution in [0, 0.1) is 0 Å². The van der Waals surface area contributed by atoms with Gasteiger partial charge < -0.3 is 0 Å². The summed E-state index contributed by atoms with van der Waals surface area (Å²) in [6, 6.07) is 9.16. The molecule has 0 aromatic heterocycles. The molecule has 11 heavy (non-hydrogen) atoms. The predicted molar refractivity (Wildman–Crippen MR) is 38.1 cm³/mol. The molecule has 0 amide bonds. The molecular formula is C7H8MoN2O. The zero-order valence-corrected chi connectivity index (χ0v) is 7.79. The third-order valence-corrected chi connectivity index (χ3v) is 2.49. The van der Waals surface area contributed by atoms with Gasteiger partial charge in [-0.1, -0.05) is 0 Å². The first-order valence-electron chi connectivity index (χ1n) is 3.06. The number of rotatable bonds is 3. The number of carbonyl (C=O) groups excluding carboxylic acids is 1. The molecule has 0 aliphatic rings. The van der Waals surface area contributed by atoms with Crippen LogP contribution in [0.1, 0.15) is 10.4 Å². The maximum atomic E-state index is 11.2. The average molecular weight is 232 g/mol. The molecule has 4 heteroatoms. The Balaban J connectivity index is 2.69. The van der Waals surface area contributed by atoms with Crippen molar-refractivity contribution in [1.29, 1.82) is 0 Å². The van der Waals surface area contributed by atoms with Crippen LogP contribution in [-0.4, -0.2) is 4.17 Å². The summed E-state index contributed by atoms with van der Waals surface area (Å²) in [5.74, 6) is 5.05. The van der Waals surface area contributed by atoms with Crippen LogP contribution in [0.2, 0.25) is 0 Å². The second-order valence-corrected chi connectivity index (χ2v) is 3.87. The van der Waals surface area contributed by atoms with Gasteiger partial charge in [0, 0.05) is 0 Å². The first kappa shape index (κ1) is 8.59. The van der Waals surface area contributed by atoms with Gasteiger partial charge in [-0.25, -0.2) is 0 Å². The fourth-order valence-electron chi connectivity index (χ4n) is 0.687. The van der Waals surface area contributed by atoms with Crippen molar-refractivity contribution < 1.29 is 23.6 Å². The van der Waals surface area contributed by atoms with E-state index in [4.69, 9.17) is 5.84 Å². The van der Waals surface area contributed by atoms with Gasteiger partial charge in [0.15, 0.2) is 0 Å². The van der Waals surface area contributed by atoms with Crippen LogP contribution < -0.4 is 9.83 Å². The fourth-order valence-corrected chi connectivity index (χ4v) is 1.57. The van der Waals surface area contributed by atoms with E-state index in [9.17, 15) is 4.79 Å². The third kappa shape index (κ3) is 2.54. The van der Waals surface area contributed by atoms with Gasteiger partial charge in [-0.15, -0.1) is 0 Å². The third-order valence-electron chi connectivity index (χ3n) is 1.16. The van der Waals surface area contributed by atoms with Gasteiger partial charge in [-0.2, -0.15) is 0 Å². The molecule has 0 saturated heterocycles. The molecule has 0 atom stereocenters. The molecule has 0 aliphatic carbocycles.